The summed E-state index contributed by atoms with van der Waals surface area (Å²) in [6.45, 7) is 9.27. The van der Waals surface area contributed by atoms with Crippen LogP contribution in [0, 0.1) is 0 Å². The van der Waals surface area contributed by atoms with Gasteiger partial charge in [-0.05, 0) is 18.6 Å². The summed E-state index contributed by atoms with van der Waals surface area (Å²) >= 11 is 0. The SMILES string of the molecule is CCCCn1c(CN2CCN(C(C)=O)CC2)nc2ccccc21. The summed E-state index contributed by atoms with van der Waals surface area (Å²) in [5, 5.41) is 0. The summed E-state index contributed by atoms with van der Waals surface area (Å²) in [5.74, 6) is 1.33. The highest BCUT2D eigenvalue weighted by molar-refractivity contribution is 5.76. The van der Waals surface area contributed by atoms with Gasteiger partial charge in [0.2, 0.25) is 5.91 Å². The molecule has 1 aromatic heterocycles. The molecule has 0 unspecified atom stereocenters. The Morgan fingerprint density at radius 3 is 2.61 bits per heavy atom. The first kappa shape index (κ1) is 16.0. The number of nitrogens with zero attached hydrogens (tertiary/aromatic N) is 4. The van der Waals surface area contributed by atoms with Crippen LogP contribution in [0.3, 0.4) is 0 Å². The molecular weight excluding hydrogens is 288 g/mol. The lowest BCUT2D eigenvalue weighted by molar-refractivity contribution is -0.130. The largest absolute Gasteiger partial charge is 0.340 e. The Balaban J connectivity index is 1.75. The maximum Gasteiger partial charge on any atom is 0.219 e. The molecule has 23 heavy (non-hydrogen) atoms. The second-order valence-electron chi connectivity index (χ2n) is 6.30. The van der Waals surface area contributed by atoms with Gasteiger partial charge in [-0.15, -0.1) is 0 Å². The second kappa shape index (κ2) is 7.13. The molecule has 2 heterocycles. The van der Waals surface area contributed by atoms with Crippen LogP contribution in [-0.2, 0) is 17.9 Å². The maximum atomic E-state index is 11.4. The van der Waals surface area contributed by atoms with Crippen LogP contribution in [0.15, 0.2) is 24.3 Å². The Labute approximate surface area is 137 Å². The molecule has 124 valence electrons. The number of piperazine rings is 1. The standard InChI is InChI=1S/C18H26N4O/c1-3-4-9-22-17-8-6-5-7-16(17)19-18(22)14-20-10-12-21(13-11-20)15(2)23/h5-8H,3-4,9-14H2,1-2H3. The van der Waals surface area contributed by atoms with Crippen molar-refractivity contribution in [1.82, 2.24) is 19.4 Å². The molecular formula is C18H26N4O. The Morgan fingerprint density at radius 2 is 1.91 bits per heavy atom. The van der Waals surface area contributed by atoms with Gasteiger partial charge in [0, 0.05) is 39.6 Å². The molecule has 5 nitrogen and oxygen atoms in total. The number of unbranched alkanes of at least 4 members (excludes halogenated alkanes) is 1. The molecule has 0 aliphatic carbocycles. The number of amides is 1. The first-order chi connectivity index (χ1) is 11.2. The van der Waals surface area contributed by atoms with Gasteiger partial charge in [-0.3, -0.25) is 9.69 Å². The van der Waals surface area contributed by atoms with Crippen molar-refractivity contribution in [2.45, 2.75) is 39.8 Å². The number of carbonyl (C=O) groups excluding carboxylic acids is 1. The molecule has 2 aromatic rings. The van der Waals surface area contributed by atoms with Gasteiger partial charge in [0.15, 0.2) is 0 Å². The van der Waals surface area contributed by atoms with Gasteiger partial charge in [0.05, 0.1) is 17.6 Å². The zero-order valence-corrected chi connectivity index (χ0v) is 14.2. The number of hydrogen-bond acceptors (Lipinski definition) is 3. The number of benzene rings is 1. The van der Waals surface area contributed by atoms with Crippen LogP contribution >= 0.6 is 0 Å². The topological polar surface area (TPSA) is 41.4 Å². The minimum Gasteiger partial charge on any atom is -0.340 e. The monoisotopic (exact) mass is 314 g/mol. The maximum absolute atomic E-state index is 11.4. The zero-order chi connectivity index (χ0) is 16.2. The lowest BCUT2D eigenvalue weighted by Crippen LogP contribution is -2.47. The minimum absolute atomic E-state index is 0.180. The van der Waals surface area contributed by atoms with Gasteiger partial charge in [-0.1, -0.05) is 25.5 Å². The quantitative estimate of drug-likeness (QED) is 0.851. The molecule has 0 spiro atoms. The summed E-state index contributed by atoms with van der Waals surface area (Å²) in [6.07, 6.45) is 2.36. The van der Waals surface area contributed by atoms with Crippen molar-refractivity contribution >= 4 is 16.9 Å². The molecule has 0 radical (unpaired) electrons. The molecule has 1 saturated heterocycles. The fourth-order valence-corrected chi connectivity index (χ4v) is 3.23. The van der Waals surface area contributed by atoms with Crippen LogP contribution in [0.1, 0.15) is 32.5 Å². The fourth-order valence-electron chi connectivity index (χ4n) is 3.23. The molecule has 0 N–H and O–H groups in total. The zero-order valence-electron chi connectivity index (χ0n) is 14.2. The van der Waals surface area contributed by atoms with E-state index in [9.17, 15) is 4.79 Å². The number of hydrogen-bond donors (Lipinski definition) is 0. The van der Waals surface area contributed by atoms with E-state index < -0.39 is 0 Å². The van der Waals surface area contributed by atoms with E-state index >= 15 is 0 Å². The smallest absolute Gasteiger partial charge is 0.219 e. The van der Waals surface area contributed by atoms with E-state index in [1.165, 1.54) is 18.4 Å². The van der Waals surface area contributed by atoms with Crippen molar-refractivity contribution < 1.29 is 4.79 Å². The summed E-state index contributed by atoms with van der Waals surface area (Å²) in [5.41, 5.74) is 2.32. The van der Waals surface area contributed by atoms with Gasteiger partial charge >= 0.3 is 0 Å². The highest BCUT2D eigenvalue weighted by Crippen LogP contribution is 2.19. The van der Waals surface area contributed by atoms with Gasteiger partial charge in [-0.25, -0.2) is 4.98 Å². The molecule has 0 bridgehead atoms. The Kier molecular flexibility index (Phi) is 4.96. The molecule has 1 amide bonds. The van der Waals surface area contributed by atoms with Crippen LogP contribution in [-0.4, -0.2) is 51.4 Å². The molecule has 1 aliphatic rings. The number of fused-ring (bicyclic) bond motifs is 1. The van der Waals surface area contributed by atoms with Crippen molar-refractivity contribution in [1.29, 1.82) is 0 Å². The number of aryl methyl sites for hydroxylation is 1. The first-order valence-electron chi connectivity index (χ1n) is 8.61. The Morgan fingerprint density at radius 1 is 1.17 bits per heavy atom. The normalized spacial score (nSPS) is 16.2. The predicted molar refractivity (Wildman–Crippen MR) is 92.2 cm³/mol. The van der Waals surface area contributed by atoms with E-state index in [2.05, 4.69) is 40.7 Å². The van der Waals surface area contributed by atoms with Gasteiger partial charge in [0.25, 0.3) is 0 Å². The summed E-state index contributed by atoms with van der Waals surface area (Å²) < 4.78 is 2.37. The molecule has 3 rings (SSSR count). The highest BCUT2D eigenvalue weighted by Gasteiger charge is 2.20. The number of aromatic nitrogens is 2. The number of rotatable bonds is 5. The second-order valence-corrected chi connectivity index (χ2v) is 6.30. The Bertz CT molecular complexity index is 671. The van der Waals surface area contributed by atoms with Crippen molar-refractivity contribution in [2.75, 3.05) is 26.2 Å². The molecule has 1 aliphatic heterocycles. The van der Waals surface area contributed by atoms with E-state index in [1.807, 2.05) is 4.90 Å². The summed E-state index contributed by atoms with van der Waals surface area (Å²) in [4.78, 5) is 20.6. The predicted octanol–water partition coefficient (Wildman–Crippen LogP) is 2.50. The molecule has 0 saturated carbocycles. The van der Waals surface area contributed by atoms with Crippen molar-refractivity contribution in [3.63, 3.8) is 0 Å². The lowest BCUT2D eigenvalue weighted by atomic mass is 10.3. The lowest BCUT2D eigenvalue weighted by Gasteiger charge is -2.34. The number of carbonyl (C=O) groups is 1. The Hall–Kier alpha value is -1.88. The summed E-state index contributed by atoms with van der Waals surface area (Å²) in [6, 6.07) is 8.39. The minimum atomic E-state index is 0.180. The average molecular weight is 314 g/mol. The van der Waals surface area contributed by atoms with Crippen LogP contribution in [0.5, 0.6) is 0 Å². The summed E-state index contributed by atoms with van der Waals surface area (Å²) in [7, 11) is 0. The molecule has 5 heteroatoms. The fraction of sp³-hybridized carbons (Fsp3) is 0.556. The van der Waals surface area contributed by atoms with E-state index in [0.29, 0.717) is 0 Å². The van der Waals surface area contributed by atoms with E-state index in [4.69, 9.17) is 4.98 Å². The van der Waals surface area contributed by atoms with E-state index in [0.717, 1.165) is 50.6 Å². The third kappa shape index (κ3) is 3.55. The van der Waals surface area contributed by atoms with Crippen molar-refractivity contribution in [2.24, 2.45) is 0 Å². The number of para-hydroxylation sites is 2. The van der Waals surface area contributed by atoms with Crippen molar-refractivity contribution in [3.8, 4) is 0 Å². The van der Waals surface area contributed by atoms with Crippen LogP contribution in [0.2, 0.25) is 0 Å². The molecule has 0 atom stereocenters. The van der Waals surface area contributed by atoms with Crippen molar-refractivity contribution in [3.05, 3.63) is 30.1 Å². The van der Waals surface area contributed by atoms with Crippen LogP contribution in [0.25, 0.3) is 11.0 Å². The van der Waals surface area contributed by atoms with Gasteiger partial charge in [0.1, 0.15) is 5.82 Å². The van der Waals surface area contributed by atoms with E-state index in [-0.39, 0.29) is 5.91 Å². The van der Waals surface area contributed by atoms with E-state index in [1.54, 1.807) is 6.92 Å². The first-order valence-corrected chi connectivity index (χ1v) is 8.61. The van der Waals surface area contributed by atoms with Crippen LogP contribution in [0.4, 0.5) is 0 Å². The molecule has 1 aromatic carbocycles. The number of imidazole rings is 1. The third-order valence-corrected chi connectivity index (χ3v) is 4.65. The molecule has 1 fully saturated rings. The average Bonchev–Trinajstić information content (AvgIpc) is 2.90. The highest BCUT2D eigenvalue weighted by atomic mass is 16.2. The van der Waals surface area contributed by atoms with Gasteiger partial charge in [-0.2, -0.15) is 0 Å². The van der Waals surface area contributed by atoms with Crippen LogP contribution < -0.4 is 0 Å². The van der Waals surface area contributed by atoms with Gasteiger partial charge < -0.3 is 9.47 Å². The third-order valence-electron chi connectivity index (χ3n) is 4.65.